The van der Waals surface area contributed by atoms with Gasteiger partial charge in [-0.1, -0.05) is 0 Å². The molecular weight excluding hydrogens is 322 g/mol. The highest BCUT2D eigenvalue weighted by molar-refractivity contribution is 6.13. The normalized spacial score (nSPS) is 11.5. The maximum atomic E-state index is 12.9. The van der Waals surface area contributed by atoms with Gasteiger partial charge in [0, 0.05) is 13.1 Å². The van der Waals surface area contributed by atoms with Crippen LogP contribution in [0.4, 0.5) is 5.69 Å². The third-order valence-corrected chi connectivity index (χ3v) is 4.23. The summed E-state index contributed by atoms with van der Waals surface area (Å²) >= 11 is 0. The van der Waals surface area contributed by atoms with Crippen molar-refractivity contribution in [3.05, 3.63) is 39.4 Å². The molecule has 0 fully saturated rings. The van der Waals surface area contributed by atoms with E-state index in [-0.39, 0.29) is 28.3 Å². The van der Waals surface area contributed by atoms with Crippen molar-refractivity contribution in [2.45, 2.75) is 40.7 Å². The summed E-state index contributed by atoms with van der Waals surface area (Å²) in [4.78, 5) is 29.4. The monoisotopic (exact) mass is 343 g/mol. The van der Waals surface area contributed by atoms with Crippen LogP contribution in [0.2, 0.25) is 0 Å². The van der Waals surface area contributed by atoms with E-state index in [2.05, 4.69) is 15.4 Å². The molecule has 0 saturated carbocycles. The summed E-state index contributed by atoms with van der Waals surface area (Å²) in [5.41, 5.74) is 2.27. The predicted octanol–water partition coefficient (Wildman–Crippen LogP) is 2.48. The Hall–Kier alpha value is -2.90. The zero-order valence-electron chi connectivity index (χ0n) is 15.2. The zero-order chi connectivity index (χ0) is 18.5. The molecule has 0 unspecified atom stereocenters. The van der Waals surface area contributed by atoms with Crippen LogP contribution in [0.15, 0.2) is 15.5 Å². The van der Waals surface area contributed by atoms with Crippen molar-refractivity contribution in [3.63, 3.8) is 0 Å². The molecule has 1 N–H and O–H groups in total. The number of anilines is 1. The van der Waals surface area contributed by atoms with Crippen molar-refractivity contribution in [1.29, 1.82) is 0 Å². The summed E-state index contributed by atoms with van der Waals surface area (Å²) in [7, 11) is 1.58. The van der Waals surface area contributed by atoms with Crippen molar-refractivity contribution in [2.24, 2.45) is 7.05 Å². The second-order valence-corrected chi connectivity index (χ2v) is 6.41. The molecule has 0 aliphatic heterocycles. The molecule has 0 aliphatic carbocycles. The Bertz CT molecular complexity index is 1040. The zero-order valence-corrected chi connectivity index (χ0v) is 15.2. The number of nitrogens with zero attached hydrogens (tertiary/aromatic N) is 4. The van der Waals surface area contributed by atoms with Crippen LogP contribution in [0.5, 0.6) is 0 Å². The van der Waals surface area contributed by atoms with E-state index >= 15 is 0 Å². The van der Waals surface area contributed by atoms with Crippen LogP contribution in [0.3, 0.4) is 0 Å². The number of hydrogen-bond donors (Lipinski definition) is 1. The van der Waals surface area contributed by atoms with E-state index in [1.54, 1.807) is 14.0 Å². The Morgan fingerprint density at radius 1 is 1.28 bits per heavy atom. The molecule has 3 aromatic heterocycles. The minimum Gasteiger partial charge on any atom is -0.442 e. The number of rotatable bonds is 3. The van der Waals surface area contributed by atoms with Gasteiger partial charge < -0.3 is 14.3 Å². The average Bonchev–Trinajstić information content (AvgIpc) is 3.02. The Morgan fingerprint density at radius 2 is 1.96 bits per heavy atom. The number of aryl methyl sites for hydroxylation is 3. The van der Waals surface area contributed by atoms with Crippen molar-refractivity contribution in [2.75, 3.05) is 5.32 Å². The van der Waals surface area contributed by atoms with Gasteiger partial charge in [-0.15, -0.1) is 0 Å². The van der Waals surface area contributed by atoms with Gasteiger partial charge in [0.05, 0.1) is 22.6 Å². The first kappa shape index (κ1) is 16.9. The first-order valence-corrected chi connectivity index (χ1v) is 8.04. The molecule has 8 nitrogen and oxygen atoms in total. The Morgan fingerprint density at radius 3 is 2.56 bits per heavy atom. The third kappa shape index (κ3) is 2.63. The summed E-state index contributed by atoms with van der Waals surface area (Å²) in [6, 6.07) is 0.178. The molecule has 1 amide bonds. The van der Waals surface area contributed by atoms with Crippen LogP contribution in [0.25, 0.3) is 11.1 Å². The summed E-state index contributed by atoms with van der Waals surface area (Å²) in [5, 5.41) is 7.53. The lowest BCUT2D eigenvalue weighted by atomic mass is 10.1. The second kappa shape index (κ2) is 5.87. The topological polar surface area (TPSA) is 94.9 Å². The Kier molecular flexibility index (Phi) is 3.98. The Balaban J connectivity index is 2.09. The van der Waals surface area contributed by atoms with Crippen LogP contribution in [-0.4, -0.2) is 25.2 Å². The van der Waals surface area contributed by atoms with E-state index < -0.39 is 5.91 Å². The highest BCUT2D eigenvalue weighted by Gasteiger charge is 2.24. The predicted molar refractivity (Wildman–Crippen MR) is 94.0 cm³/mol. The van der Waals surface area contributed by atoms with Crippen molar-refractivity contribution in [3.8, 4) is 0 Å². The summed E-state index contributed by atoms with van der Waals surface area (Å²) < 4.78 is 8.67. The molecule has 132 valence electrons. The lowest BCUT2D eigenvalue weighted by Gasteiger charge is -2.09. The van der Waals surface area contributed by atoms with Crippen molar-refractivity contribution in [1.82, 2.24) is 19.3 Å². The first-order chi connectivity index (χ1) is 11.7. The first-order valence-electron chi connectivity index (χ1n) is 8.04. The van der Waals surface area contributed by atoms with Gasteiger partial charge in [-0.2, -0.15) is 5.10 Å². The maximum Gasteiger partial charge on any atom is 0.265 e. The lowest BCUT2D eigenvalue weighted by Crippen LogP contribution is -2.21. The number of amides is 1. The van der Waals surface area contributed by atoms with Crippen LogP contribution >= 0.6 is 0 Å². The minimum atomic E-state index is -0.407. The number of furan rings is 1. The van der Waals surface area contributed by atoms with E-state index in [9.17, 15) is 9.59 Å². The van der Waals surface area contributed by atoms with E-state index in [4.69, 9.17) is 4.42 Å². The largest absolute Gasteiger partial charge is 0.442 e. The SMILES string of the molecule is Cc1nn(C(C)C)c(C)c1NC(=O)c1c(C)oc2ncn(C)c(=O)c12. The molecule has 25 heavy (non-hydrogen) atoms. The molecule has 0 bridgehead atoms. The quantitative estimate of drug-likeness (QED) is 0.788. The number of nitrogens with one attached hydrogen (secondary N) is 1. The van der Waals surface area contributed by atoms with E-state index in [0.717, 1.165) is 11.4 Å². The number of fused-ring (bicyclic) bond motifs is 1. The standard InChI is InChI=1S/C17H21N5O3/c1-8(2)22-10(4)14(9(3)20-22)19-15(23)12-11(5)25-16-13(12)17(24)21(6)7-18-16/h7-8H,1-6H3,(H,19,23). The van der Waals surface area contributed by atoms with Gasteiger partial charge in [-0.25, -0.2) is 4.98 Å². The molecule has 0 aromatic carbocycles. The molecular formula is C17H21N5O3. The van der Waals surface area contributed by atoms with Crippen LogP contribution in [0.1, 0.15) is 47.4 Å². The number of carbonyl (C=O) groups is 1. The lowest BCUT2D eigenvalue weighted by molar-refractivity contribution is 0.102. The Labute approximate surface area is 144 Å². The van der Waals surface area contributed by atoms with E-state index in [0.29, 0.717) is 11.4 Å². The van der Waals surface area contributed by atoms with Gasteiger partial charge in [0.25, 0.3) is 11.5 Å². The summed E-state index contributed by atoms with van der Waals surface area (Å²) in [6.45, 7) is 9.43. The van der Waals surface area contributed by atoms with E-state index in [1.165, 1.54) is 10.9 Å². The fourth-order valence-electron chi connectivity index (χ4n) is 2.98. The molecule has 0 saturated heterocycles. The van der Waals surface area contributed by atoms with Gasteiger partial charge in [0.1, 0.15) is 17.5 Å². The molecule has 0 atom stereocenters. The summed E-state index contributed by atoms with van der Waals surface area (Å²) in [5.74, 6) is -0.0503. The van der Waals surface area contributed by atoms with Gasteiger partial charge in [0.2, 0.25) is 5.71 Å². The third-order valence-electron chi connectivity index (χ3n) is 4.23. The van der Waals surface area contributed by atoms with Gasteiger partial charge in [-0.05, 0) is 34.6 Å². The molecule has 3 heterocycles. The molecule has 3 aromatic rings. The minimum absolute atomic E-state index is 0.164. The fraction of sp³-hybridized carbons (Fsp3) is 0.412. The smallest absolute Gasteiger partial charge is 0.265 e. The molecule has 0 aliphatic rings. The molecule has 8 heteroatoms. The molecule has 0 radical (unpaired) electrons. The van der Waals surface area contributed by atoms with Crippen LogP contribution < -0.4 is 10.9 Å². The fourth-order valence-corrected chi connectivity index (χ4v) is 2.98. The molecule has 0 spiro atoms. The van der Waals surface area contributed by atoms with Gasteiger partial charge >= 0.3 is 0 Å². The van der Waals surface area contributed by atoms with Crippen molar-refractivity contribution < 1.29 is 9.21 Å². The molecule has 3 rings (SSSR count). The maximum absolute atomic E-state index is 12.9. The van der Waals surface area contributed by atoms with Crippen LogP contribution in [0, 0.1) is 20.8 Å². The van der Waals surface area contributed by atoms with Crippen LogP contribution in [-0.2, 0) is 7.05 Å². The number of hydrogen-bond acceptors (Lipinski definition) is 5. The van der Waals surface area contributed by atoms with E-state index in [1.807, 2.05) is 32.4 Å². The van der Waals surface area contributed by atoms with Crippen molar-refractivity contribution >= 4 is 22.7 Å². The highest BCUT2D eigenvalue weighted by atomic mass is 16.3. The van der Waals surface area contributed by atoms with Gasteiger partial charge in [-0.3, -0.25) is 14.3 Å². The summed E-state index contributed by atoms with van der Waals surface area (Å²) in [6.07, 6.45) is 1.37. The number of aromatic nitrogens is 4. The average molecular weight is 343 g/mol. The second-order valence-electron chi connectivity index (χ2n) is 6.41. The number of carbonyl (C=O) groups excluding carboxylic acids is 1. The van der Waals surface area contributed by atoms with Gasteiger partial charge in [0.15, 0.2) is 0 Å². The highest BCUT2D eigenvalue weighted by Crippen LogP contribution is 2.26.